The van der Waals surface area contributed by atoms with Crippen LogP contribution in [0.2, 0.25) is 0 Å². The number of aromatic nitrogens is 2. The number of ether oxygens (including phenoxy) is 4. The van der Waals surface area contributed by atoms with Gasteiger partial charge in [-0.3, -0.25) is 5.10 Å². The van der Waals surface area contributed by atoms with Crippen molar-refractivity contribution in [3.05, 3.63) is 65.0 Å². The van der Waals surface area contributed by atoms with E-state index in [1.54, 1.807) is 7.11 Å². The number of rotatable bonds is 8. The predicted molar refractivity (Wildman–Crippen MR) is 123 cm³/mol. The topological polar surface area (TPSA) is 115 Å². The minimum atomic E-state index is -0.565. The van der Waals surface area contributed by atoms with Crippen LogP contribution in [0, 0.1) is 11.3 Å². The number of hydrogen-bond acceptors (Lipinski definition) is 7. The van der Waals surface area contributed by atoms with E-state index in [4.69, 9.17) is 24.7 Å². The van der Waals surface area contributed by atoms with Crippen LogP contribution in [-0.2, 0) is 0 Å². The number of nitrogens with one attached hydrogen (secondary N) is 1. The zero-order chi connectivity index (χ0) is 23.4. The van der Waals surface area contributed by atoms with Gasteiger partial charge in [0.15, 0.2) is 11.5 Å². The second kappa shape index (κ2) is 9.57. The molecule has 0 spiro atoms. The molecule has 8 heteroatoms. The number of nitriles is 1. The molecular formula is C25H26N4O4. The average molecular weight is 447 g/mol. The fraction of sp³-hybridized carbons (Fsp3) is 0.280. The molecule has 2 heterocycles. The van der Waals surface area contributed by atoms with Crippen molar-refractivity contribution in [3.63, 3.8) is 0 Å². The molecule has 8 nitrogen and oxygen atoms in total. The lowest BCUT2D eigenvalue weighted by molar-refractivity contribution is 0.290. The minimum absolute atomic E-state index is 0.0142. The fourth-order valence-corrected chi connectivity index (χ4v) is 3.96. The molecule has 1 atom stereocenters. The lowest BCUT2D eigenvalue weighted by Gasteiger charge is -2.26. The Balaban J connectivity index is 1.94. The van der Waals surface area contributed by atoms with Crippen LogP contribution in [0.3, 0.4) is 0 Å². The normalized spacial score (nSPS) is 14.8. The maximum atomic E-state index is 10.0. The Morgan fingerprint density at radius 2 is 2.00 bits per heavy atom. The first kappa shape index (κ1) is 22.1. The summed E-state index contributed by atoms with van der Waals surface area (Å²) < 4.78 is 23.1. The van der Waals surface area contributed by atoms with Crippen molar-refractivity contribution in [1.82, 2.24) is 10.2 Å². The third-order valence-corrected chi connectivity index (χ3v) is 5.36. The number of nitrogens with zero attached hydrogens (tertiary/aromatic N) is 2. The standard InChI is InChI=1S/C25H26N4O4/c1-4-12-32-23-17(10-7-11-19(23)30-3)20-18(14-26)24(27)33-25-21(20)22(28-29-25)15-8-6-9-16(13-15)31-5-2/h6-11,13,20H,4-5,12,27H2,1-3H3,(H,28,29). The minimum Gasteiger partial charge on any atom is -0.494 e. The largest absolute Gasteiger partial charge is 0.494 e. The quantitative estimate of drug-likeness (QED) is 0.524. The molecule has 170 valence electrons. The molecule has 1 unspecified atom stereocenters. The highest BCUT2D eigenvalue weighted by atomic mass is 16.5. The van der Waals surface area contributed by atoms with E-state index in [2.05, 4.69) is 16.3 Å². The van der Waals surface area contributed by atoms with Gasteiger partial charge in [-0.25, -0.2) is 0 Å². The van der Waals surface area contributed by atoms with Gasteiger partial charge in [-0.05, 0) is 31.5 Å². The molecule has 0 bridgehead atoms. The molecule has 2 aromatic carbocycles. The van der Waals surface area contributed by atoms with Crippen LogP contribution >= 0.6 is 0 Å². The van der Waals surface area contributed by atoms with Gasteiger partial charge in [-0.2, -0.15) is 5.26 Å². The first-order chi connectivity index (χ1) is 16.1. The summed E-state index contributed by atoms with van der Waals surface area (Å²) in [4.78, 5) is 0. The molecule has 3 N–H and O–H groups in total. The Morgan fingerprint density at radius 1 is 1.18 bits per heavy atom. The first-order valence-corrected chi connectivity index (χ1v) is 10.8. The van der Waals surface area contributed by atoms with Gasteiger partial charge in [-0.15, -0.1) is 5.10 Å². The SMILES string of the molecule is CCCOc1c(OC)cccc1C1C(C#N)=C(N)Oc2n[nH]c(-c3cccc(OCC)c3)c21. The number of allylic oxidation sites excluding steroid dienone is 1. The smallest absolute Gasteiger partial charge is 0.244 e. The molecule has 0 radical (unpaired) electrons. The van der Waals surface area contributed by atoms with Crippen molar-refractivity contribution in [1.29, 1.82) is 5.26 Å². The van der Waals surface area contributed by atoms with Crippen molar-refractivity contribution in [2.45, 2.75) is 26.2 Å². The summed E-state index contributed by atoms with van der Waals surface area (Å²) >= 11 is 0. The Labute approximate surface area is 192 Å². The highest BCUT2D eigenvalue weighted by molar-refractivity contribution is 5.73. The molecule has 0 saturated carbocycles. The van der Waals surface area contributed by atoms with Crippen LogP contribution in [-0.4, -0.2) is 30.5 Å². The number of hydrogen-bond donors (Lipinski definition) is 2. The van der Waals surface area contributed by atoms with E-state index in [1.165, 1.54) is 0 Å². The van der Waals surface area contributed by atoms with Crippen LogP contribution in [0.15, 0.2) is 53.9 Å². The average Bonchev–Trinajstić information content (AvgIpc) is 3.25. The summed E-state index contributed by atoms with van der Waals surface area (Å²) in [6.45, 7) is 5.01. The Hall–Kier alpha value is -4.12. The van der Waals surface area contributed by atoms with Crippen LogP contribution < -0.4 is 24.7 Å². The number of fused-ring (bicyclic) bond motifs is 1. The van der Waals surface area contributed by atoms with Crippen molar-refractivity contribution in [2.75, 3.05) is 20.3 Å². The highest BCUT2D eigenvalue weighted by Gasteiger charge is 2.37. The van der Waals surface area contributed by atoms with E-state index in [-0.39, 0.29) is 11.5 Å². The van der Waals surface area contributed by atoms with Crippen LogP contribution in [0.5, 0.6) is 23.1 Å². The van der Waals surface area contributed by atoms with E-state index in [1.807, 2.05) is 56.3 Å². The summed E-state index contributed by atoms with van der Waals surface area (Å²) in [7, 11) is 1.59. The van der Waals surface area contributed by atoms with Gasteiger partial charge >= 0.3 is 0 Å². The molecule has 33 heavy (non-hydrogen) atoms. The van der Waals surface area contributed by atoms with E-state index >= 15 is 0 Å². The van der Waals surface area contributed by atoms with Crippen LogP contribution in [0.4, 0.5) is 0 Å². The van der Waals surface area contributed by atoms with Gasteiger partial charge in [0.1, 0.15) is 17.4 Å². The summed E-state index contributed by atoms with van der Waals surface area (Å²) in [5.74, 6) is 1.64. The van der Waals surface area contributed by atoms with Gasteiger partial charge < -0.3 is 24.7 Å². The van der Waals surface area contributed by atoms with Crippen molar-refractivity contribution < 1.29 is 18.9 Å². The lowest BCUT2D eigenvalue weighted by atomic mass is 9.82. The van der Waals surface area contributed by atoms with Gasteiger partial charge in [0.25, 0.3) is 0 Å². The van der Waals surface area contributed by atoms with E-state index in [0.29, 0.717) is 41.9 Å². The Bertz CT molecular complexity index is 1230. The molecule has 4 rings (SSSR count). The van der Waals surface area contributed by atoms with Gasteiger partial charge in [-0.1, -0.05) is 31.2 Å². The number of nitrogens with two attached hydrogens (primary N) is 1. The van der Waals surface area contributed by atoms with Crippen LogP contribution in [0.25, 0.3) is 11.3 Å². The number of benzene rings is 2. The van der Waals surface area contributed by atoms with E-state index in [9.17, 15) is 5.26 Å². The second-order valence-electron chi connectivity index (χ2n) is 7.43. The predicted octanol–water partition coefficient (Wildman–Crippen LogP) is 4.49. The molecule has 1 aromatic heterocycles. The molecule has 3 aromatic rings. The molecule has 1 aliphatic rings. The maximum Gasteiger partial charge on any atom is 0.244 e. The lowest BCUT2D eigenvalue weighted by Crippen LogP contribution is -2.21. The number of aromatic amines is 1. The summed E-state index contributed by atoms with van der Waals surface area (Å²) in [5, 5.41) is 17.5. The third-order valence-electron chi connectivity index (χ3n) is 5.36. The molecule has 1 aliphatic heterocycles. The fourth-order valence-electron chi connectivity index (χ4n) is 3.96. The van der Waals surface area contributed by atoms with Crippen LogP contribution in [0.1, 0.15) is 37.3 Å². The Morgan fingerprint density at radius 3 is 2.73 bits per heavy atom. The van der Waals surface area contributed by atoms with Crippen molar-refractivity contribution >= 4 is 0 Å². The summed E-state index contributed by atoms with van der Waals surface area (Å²) in [5.41, 5.74) is 9.43. The molecule has 0 fully saturated rings. The van der Waals surface area contributed by atoms with E-state index < -0.39 is 5.92 Å². The highest BCUT2D eigenvalue weighted by Crippen LogP contribution is 2.49. The molecular weight excluding hydrogens is 420 g/mol. The number of para-hydroxylation sites is 1. The van der Waals surface area contributed by atoms with Gasteiger partial charge in [0.2, 0.25) is 11.8 Å². The third kappa shape index (κ3) is 4.05. The number of H-pyrrole nitrogens is 1. The van der Waals surface area contributed by atoms with Gasteiger partial charge in [0.05, 0.1) is 37.5 Å². The molecule has 0 aliphatic carbocycles. The van der Waals surface area contributed by atoms with Crippen molar-refractivity contribution in [3.8, 4) is 40.5 Å². The second-order valence-corrected chi connectivity index (χ2v) is 7.43. The van der Waals surface area contributed by atoms with E-state index in [0.717, 1.165) is 23.3 Å². The maximum absolute atomic E-state index is 10.0. The zero-order valence-electron chi connectivity index (χ0n) is 18.8. The monoisotopic (exact) mass is 446 g/mol. The van der Waals surface area contributed by atoms with Gasteiger partial charge in [0, 0.05) is 11.1 Å². The Kier molecular flexibility index (Phi) is 6.41. The van der Waals surface area contributed by atoms with Crippen molar-refractivity contribution in [2.24, 2.45) is 5.73 Å². The molecule has 0 saturated heterocycles. The first-order valence-electron chi connectivity index (χ1n) is 10.8. The summed E-state index contributed by atoms with van der Waals surface area (Å²) in [6.07, 6.45) is 0.820. The molecule has 0 amide bonds. The zero-order valence-corrected chi connectivity index (χ0v) is 18.8. The number of methoxy groups -OCH3 is 1. The summed E-state index contributed by atoms with van der Waals surface area (Å²) in [6, 6.07) is 15.5.